The highest BCUT2D eigenvalue weighted by molar-refractivity contribution is 6.07. The Labute approximate surface area is 204 Å². The van der Waals surface area contributed by atoms with Crippen molar-refractivity contribution in [2.45, 2.75) is 78.0 Å². The number of anilines is 1. The van der Waals surface area contributed by atoms with Crippen molar-refractivity contribution in [3.63, 3.8) is 0 Å². The maximum Gasteiger partial charge on any atom is 0.429 e. The number of halogens is 1. The van der Waals surface area contributed by atoms with Crippen LogP contribution in [0, 0.1) is 17.1 Å². The third-order valence-corrected chi connectivity index (χ3v) is 5.28. The number of carbonyl (C=O) groups excluding carboxylic acids is 2. The van der Waals surface area contributed by atoms with Gasteiger partial charge < -0.3 is 25.9 Å². The van der Waals surface area contributed by atoms with Crippen LogP contribution in [0.3, 0.4) is 0 Å². The number of imide groups is 1. The fraction of sp³-hybridized carbons (Fsp3) is 0.583. The van der Waals surface area contributed by atoms with Crippen LogP contribution in [0.25, 0.3) is 0 Å². The Morgan fingerprint density at radius 1 is 1.23 bits per heavy atom. The predicted molar refractivity (Wildman–Crippen MR) is 130 cm³/mol. The maximum atomic E-state index is 14.9. The fourth-order valence-corrected chi connectivity index (χ4v) is 3.40. The summed E-state index contributed by atoms with van der Waals surface area (Å²) in [6.07, 6.45) is 0.528. The summed E-state index contributed by atoms with van der Waals surface area (Å²) in [6.45, 7) is 9.69. The molecular formula is C24H36FN5O5. The standard InChI is InChI=1S/C24H36FN5O5/c1-13(12-28-14(2)9-21(31)35-24(3,4)5)8-19(26)16-11-20(29-15-6-7-15)17(10-18(16)25)22(32)30(27)23(33)34/h10-11,13-15,26,28-29H,6-9,12,27H2,1-5H3,(H,33,34). The van der Waals surface area contributed by atoms with Crippen LogP contribution in [0.5, 0.6) is 0 Å². The molecule has 1 aliphatic carbocycles. The van der Waals surface area contributed by atoms with E-state index in [-0.39, 0.29) is 64.3 Å². The summed E-state index contributed by atoms with van der Waals surface area (Å²) in [5.41, 5.74) is -0.449. The number of benzene rings is 1. The molecule has 1 fully saturated rings. The lowest BCUT2D eigenvalue weighted by Gasteiger charge is -2.22. The molecule has 0 saturated heterocycles. The van der Waals surface area contributed by atoms with Gasteiger partial charge in [-0.2, -0.15) is 5.01 Å². The number of nitrogens with one attached hydrogen (secondary N) is 3. The average molecular weight is 494 g/mol. The highest BCUT2D eigenvalue weighted by atomic mass is 19.1. The van der Waals surface area contributed by atoms with E-state index in [4.69, 9.17) is 21.1 Å². The second-order valence-electron chi connectivity index (χ2n) is 10.1. The van der Waals surface area contributed by atoms with Crippen LogP contribution in [0.15, 0.2) is 12.1 Å². The molecule has 35 heavy (non-hydrogen) atoms. The summed E-state index contributed by atoms with van der Waals surface area (Å²) in [6, 6.07) is 2.25. The number of nitrogens with two attached hydrogens (primary N) is 1. The van der Waals surface area contributed by atoms with Gasteiger partial charge in [-0.25, -0.2) is 15.0 Å². The van der Waals surface area contributed by atoms with Crippen molar-refractivity contribution in [3.8, 4) is 0 Å². The van der Waals surface area contributed by atoms with Crippen molar-refractivity contribution in [2.24, 2.45) is 11.8 Å². The van der Waals surface area contributed by atoms with Gasteiger partial charge >= 0.3 is 12.1 Å². The van der Waals surface area contributed by atoms with Crippen LogP contribution >= 0.6 is 0 Å². The summed E-state index contributed by atoms with van der Waals surface area (Å²) in [4.78, 5) is 35.5. The third kappa shape index (κ3) is 8.91. The number of hydrogen-bond donors (Lipinski definition) is 5. The lowest BCUT2D eigenvalue weighted by Crippen LogP contribution is -2.42. The Balaban J connectivity index is 2.04. The number of amides is 2. The highest BCUT2D eigenvalue weighted by Gasteiger charge is 2.28. The zero-order valence-corrected chi connectivity index (χ0v) is 20.9. The van der Waals surface area contributed by atoms with Gasteiger partial charge in [0.25, 0.3) is 5.91 Å². The summed E-state index contributed by atoms with van der Waals surface area (Å²) in [5.74, 6) is 3.08. The van der Waals surface area contributed by atoms with E-state index in [2.05, 4.69) is 10.6 Å². The molecule has 0 aliphatic heterocycles. The number of nitrogens with zero attached hydrogens (tertiary/aromatic N) is 1. The molecule has 2 atom stereocenters. The molecule has 1 aromatic rings. The molecule has 11 heteroatoms. The molecule has 0 heterocycles. The van der Waals surface area contributed by atoms with E-state index in [9.17, 15) is 18.8 Å². The Morgan fingerprint density at radius 3 is 2.40 bits per heavy atom. The van der Waals surface area contributed by atoms with E-state index in [0.29, 0.717) is 6.54 Å². The minimum absolute atomic E-state index is 0.00400. The van der Waals surface area contributed by atoms with E-state index >= 15 is 0 Å². The quantitative estimate of drug-likeness (QED) is 0.103. The SMILES string of the molecule is CC(CNC(C)CC(=O)OC(C)(C)C)CC(=N)c1cc(NC2CC2)c(C(=O)N(N)C(=O)O)cc1F. The van der Waals surface area contributed by atoms with Crippen molar-refractivity contribution >= 4 is 29.4 Å². The van der Waals surface area contributed by atoms with Gasteiger partial charge in [0.2, 0.25) is 0 Å². The molecule has 0 aromatic heterocycles. The van der Waals surface area contributed by atoms with Gasteiger partial charge in [-0.05, 0) is 71.6 Å². The molecule has 0 bridgehead atoms. The number of esters is 1. The average Bonchev–Trinajstić information content (AvgIpc) is 3.54. The second-order valence-corrected chi connectivity index (χ2v) is 10.1. The predicted octanol–water partition coefficient (Wildman–Crippen LogP) is 3.50. The number of rotatable bonds is 11. The van der Waals surface area contributed by atoms with Crippen molar-refractivity contribution in [2.75, 3.05) is 11.9 Å². The van der Waals surface area contributed by atoms with E-state index in [1.54, 1.807) is 0 Å². The zero-order valence-electron chi connectivity index (χ0n) is 20.9. The molecule has 0 radical (unpaired) electrons. The van der Waals surface area contributed by atoms with Gasteiger partial charge in [-0.3, -0.25) is 9.59 Å². The van der Waals surface area contributed by atoms with E-state index in [1.807, 2.05) is 34.6 Å². The molecule has 2 unspecified atom stereocenters. The van der Waals surface area contributed by atoms with E-state index < -0.39 is 23.4 Å². The van der Waals surface area contributed by atoms with Gasteiger partial charge in [0, 0.05) is 29.0 Å². The largest absolute Gasteiger partial charge is 0.464 e. The Kier molecular flexibility index (Phi) is 9.33. The number of carbonyl (C=O) groups is 3. The van der Waals surface area contributed by atoms with Crippen molar-refractivity contribution in [3.05, 3.63) is 29.1 Å². The van der Waals surface area contributed by atoms with Crippen molar-refractivity contribution in [1.29, 1.82) is 5.41 Å². The summed E-state index contributed by atoms with van der Waals surface area (Å²) in [7, 11) is 0. The van der Waals surface area contributed by atoms with Crippen LogP contribution in [0.2, 0.25) is 0 Å². The van der Waals surface area contributed by atoms with Gasteiger partial charge in [-0.1, -0.05) is 6.92 Å². The molecule has 2 rings (SSSR count). The van der Waals surface area contributed by atoms with Crippen LogP contribution in [0.4, 0.5) is 14.9 Å². The molecule has 10 nitrogen and oxygen atoms in total. The minimum atomic E-state index is -1.66. The zero-order chi connectivity index (χ0) is 26.5. The lowest BCUT2D eigenvalue weighted by atomic mass is 9.96. The third-order valence-electron chi connectivity index (χ3n) is 5.28. The van der Waals surface area contributed by atoms with Gasteiger partial charge in [0.1, 0.15) is 11.4 Å². The minimum Gasteiger partial charge on any atom is -0.464 e. The number of hydrazine groups is 1. The van der Waals surface area contributed by atoms with Crippen LogP contribution in [-0.2, 0) is 9.53 Å². The van der Waals surface area contributed by atoms with E-state index in [0.717, 1.165) is 18.9 Å². The first-order valence-corrected chi connectivity index (χ1v) is 11.6. The van der Waals surface area contributed by atoms with Gasteiger partial charge in [-0.15, -0.1) is 0 Å². The second kappa shape index (κ2) is 11.6. The van der Waals surface area contributed by atoms with Gasteiger partial charge in [0.05, 0.1) is 12.0 Å². The molecule has 1 aliphatic rings. The Hall–Kier alpha value is -3.05. The number of carboxylic acid groups (broad SMARTS) is 1. The van der Waals surface area contributed by atoms with Crippen LogP contribution < -0.4 is 16.5 Å². The summed E-state index contributed by atoms with van der Waals surface area (Å²) < 4.78 is 20.2. The molecule has 2 amide bonds. The topological polar surface area (TPSA) is 158 Å². The molecule has 194 valence electrons. The monoisotopic (exact) mass is 493 g/mol. The first-order chi connectivity index (χ1) is 16.2. The van der Waals surface area contributed by atoms with Crippen LogP contribution in [0.1, 0.15) is 76.2 Å². The first-order valence-electron chi connectivity index (χ1n) is 11.6. The van der Waals surface area contributed by atoms with Crippen molar-refractivity contribution < 1.29 is 28.6 Å². The Bertz CT molecular complexity index is 974. The number of ether oxygens (including phenoxy) is 1. The van der Waals surface area contributed by atoms with E-state index in [1.165, 1.54) is 6.07 Å². The smallest absolute Gasteiger partial charge is 0.429 e. The lowest BCUT2D eigenvalue weighted by molar-refractivity contribution is -0.155. The first kappa shape index (κ1) is 28.2. The van der Waals surface area contributed by atoms with Gasteiger partial charge in [0.15, 0.2) is 0 Å². The summed E-state index contributed by atoms with van der Waals surface area (Å²) >= 11 is 0. The number of hydrogen-bond acceptors (Lipinski definition) is 8. The normalized spacial score (nSPS) is 15.2. The molecule has 0 spiro atoms. The fourth-order valence-electron chi connectivity index (χ4n) is 3.40. The molecule has 6 N–H and O–H groups in total. The van der Waals surface area contributed by atoms with Crippen LogP contribution in [-0.4, -0.2) is 58.0 Å². The summed E-state index contributed by atoms with van der Waals surface area (Å²) in [5, 5.41) is 23.8. The molecule has 1 saturated carbocycles. The maximum absolute atomic E-state index is 14.9. The molecular weight excluding hydrogens is 457 g/mol. The molecule has 1 aromatic carbocycles. The Morgan fingerprint density at radius 2 is 1.86 bits per heavy atom. The highest BCUT2D eigenvalue weighted by Crippen LogP contribution is 2.30. The van der Waals surface area contributed by atoms with Crippen molar-refractivity contribution in [1.82, 2.24) is 10.3 Å².